The molecule has 1 aromatic carbocycles. The Hall–Kier alpha value is -1.06. The summed E-state index contributed by atoms with van der Waals surface area (Å²) in [6.45, 7) is 4.79. The van der Waals surface area contributed by atoms with Crippen LogP contribution in [0.25, 0.3) is 0 Å². The molecule has 1 rings (SSSR count). The zero-order valence-corrected chi connectivity index (χ0v) is 11.0. The van der Waals surface area contributed by atoms with Crippen molar-refractivity contribution in [2.45, 2.75) is 38.8 Å². The Balaban J connectivity index is 2.44. The Kier molecular flexibility index (Phi) is 6.01. The second-order valence-corrected chi connectivity index (χ2v) is 4.53. The Morgan fingerprint density at radius 2 is 1.82 bits per heavy atom. The average Bonchev–Trinajstić information content (AvgIpc) is 2.27. The van der Waals surface area contributed by atoms with Gasteiger partial charge in [0.15, 0.2) is 0 Å². The highest BCUT2D eigenvalue weighted by atomic mass is 16.5. The summed E-state index contributed by atoms with van der Waals surface area (Å²) < 4.78 is 10.8. The number of ether oxygens (including phenoxy) is 2. The standard InChI is InChI=1S/C14H23NO2/c1-11(15)10-12(2)17-14-6-4-13(5-7-14)8-9-16-3/h4-7,11-12H,8-10,15H2,1-3H3. The minimum Gasteiger partial charge on any atom is -0.491 e. The molecule has 2 unspecified atom stereocenters. The first-order valence-electron chi connectivity index (χ1n) is 6.12. The van der Waals surface area contributed by atoms with Gasteiger partial charge in [-0.25, -0.2) is 0 Å². The predicted molar refractivity (Wildman–Crippen MR) is 70.4 cm³/mol. The van der Waals surface area contributed by atoms with Gasteiger partial charge in [0.25, 0.3) is 0 Å². The third-order valence-electron chi connectivity index (χ3n) is 2.56. The first-order valence-corrected chi connectivity index (χ1v) is 6.12. The first-order chi connectivity index (χ1) is 8.11. The van der Waals surface area contributed by atoms with E-state index in [9.17, 15) is 0 Å². The van der Waals surface area contributed by atoms with Gasteiger partial charge in [-0.2, -0.15) is 0 Å². The SMILES string of the molecule is COCCc1ccc(OC(C)CC(C)N)cc1. The number of benzene rings is 1. The van der Waals surface area contributed by atoms with Crippen LogP contribution in [-0.4, -0.2) is 25.9 Å². The Bertz CT molecular complexity index is 309. The first kappa shape index (κ1) is 14.0. The van der Waals surface area contributed by atoms with Crippen molar-refractivity contribution in [2.24, 2.45) is 5.73 Å². The van der Waals surface area contributed by atoms with Crippen LogP contribution < -0.4 is 10.5 Å². The van der Waals surface area contributed by atoms with E-state index >= 15 is 0 Å². The highest BCUT2D eigenvalue weighted by molar-refractivity contribution is 5.27. The van der Waals surface area contributed by atoms with E-state index in [4.69, 9.17) is 15.2 Å². The van der Waals surface area contributed by atoms with Crippen LogP contribution in [0.15, 0.2) is 24.3 Å². The molecule has 2 atom stereocenters. The monoisotopic (exact) mass is 237 g/mol. The van der Waals surface area contributed by atoms with Crippen molar-refractivity contribution in [1.82, 2.24) is 0 Å². The molecule has 0 amide bonds. The summed E-state index contributed by atoms with van der Waals surface area (Å²) in [5.41, 5.74) is 7.00. The fourth-order valence-electron chi connectivity index (χ4n) is 1.76. The molecule has 0 spiro atoms. The van der Waals surface area contributed by atoms with Crippen molar-refractivity contribution in [2.75, 3.05) is 13.7 Å². The summed E-state index contributed by atoms with van der Waals surface area (Å²) in [5.74, 6) is 0.902. The lowest BCUT2D eigenvalue weighted by atomic mass is 10.1. The van der Waals surface area contributed by atoms with Crippen molar-refractivity contribution < 1.29 is 9.47 Å². The van der Waals surface area contributed by atoms with Crippen LogP contribution in [0.4, 0.5) is 0 Å². The minimum atomic E-state index is 0.153. The summed E-state index contributed by atoms with van der Waals surface area (Å²) in [5, 5.41) is 0. The van der Waals surface area contributed by atoms with Crippen molar-refractivity contribution in [1.29, 1.82) is 0 Å². The Labute approximate surface area is 104 Å². The number of methoxy groups -OCH3 is 1. The van der Waals surface area contributed by atoms with E-state index < -0.39 is 0 Å². The number of hydrogen-bond acceptors (Lipinski definition) is 3. The lowest BCUT2D eigenvalue weighted by Crippen LogP contribution is -2.24. The van der Waals surface area contributed by atoms with Gasteiger partial charge in [-0.1, -0.05) is 12.1 Å². The van der Waals surface area contributed by atoms with Gasteiger partial charge in [0.2, 0.25) is 0 Å². The molecule has 0 heterocycles. The molecule has 0 saturated carbocycles. The second kappa shape index (κ2) is 7.30. The zero-order chi connectivity index (χ0) is 12.7. The maximum Gasteiger partial charge on any atom is 0.119 e. The molecule has 1 aromatic rings. The van der Waals surface area contributed by atoms with Gasteiger partial charge in [-0.3, -0.25) is 0 Å². The van der Waals surface area contributed by atoms with Crippen LogP contribution in [0.2, 0.25) is 0 Å². The van der Waals surface area contributed by atoms with Gasteiger partial charge in [0.1, 0.15) is 5.75 Å². The Morgan fingerprint density at radius 1 is 1.18 bits per heavy atom. The largest absolute Gasteiger partial charge is 0.491 e. The predicted octanol–water partition coefficient (Wildman–Crippen LogP) is 2.38. The van der Waals surface area contributed by atoms with Gasteiger partial charge in [0, 0.05) is 13.2 Å². The molecule has 0 aliphatic heterocycles. The van der Waals surface area contributed by atoms with Gasteiger partial charge >= 0.3 is 0 Å². The third kappa shape index (κ3) is 5.71. The molecular formula is C14H23NO2. The molecule has 3 nitrogen and oxygen atoms in total. The lowest BCUT2D eigenvalue weighted by Gasteiger charge is -2.16. The van der Waals surface area contributed by atoms with Gasteiger partial charge < -0.3 is 15.2 Å². The van der Waals surface area contributed by atoms with E-state index in [-0.39, 0.29) is 12.1 Å². The summed E-state index contributed by atoms with van der Waals surface area (Å²) >= 11 is 0. The fourth-order valence-corrected chi connectivity index (χ4v) is 1.76. The second-order valence-electron chi connectivity index (χ2n) is 4.53. The molecule has 0 aliphatic rings. The zero-order valence-electron chi connectivity index (χ0n) is 11.0. The highest BCUT2D eigenvalue weighted by Crippen LogP contribution is 2.15. The lowest BCUT2D eigenvalue weighted by molar-refractivity contribution is 0.200. The molecule has 0 radical (unpaired) electrons. The van der Waals surface area contributed by atoms with Crippen molar-refractivity contribution in [3.63, 3.8) is 0 Å². The van der Waals surface area contributed by atoms with E-state index in [1.54, 1.807) is 7.11 Å². The summed E-state index contributed by atoms with van der Waals surface area (Å²) in [7, 11) is 1.72. The van der Waals surface area contributed by atoms with E-state index in [0.717, 1.165) is 25.2 Å². The number of hydrogen-bond donors (Lipinski definition) is 1. The smallest absolute Gasteiger partial charge is 0.119 e. The fraction of sp³-hybridized carbons (Fsp3) is 0.571. The third-order valence-corrected chi connectivity index (χ3v) is 2.56. The van der Waals surface area contributed by atoms with Crippen LogP contribution in [0.1, 0.15) is 25.8 Å². The maximum atomic E-state index is 5.77. The van der Waals surface area contributed by atoms with Gasteiger partial charge in [-0.15, -0.1) is 0 Å². The van der Waals surface area contributed by atoms with Crippen LogP contribution in [0, 0.1) is 0 Å². The molecule has 0 aliphatic carbocycles. The van der Waals surface area contributed by atoms with Crippen molar-refractivity contribution in [3.8, 4) is 5.75 Å². The molecule has 3 heteroatoms. The summed E-state index contributed by atoms with van der Waals surface area (Å²) in [4.78, 5) is 0. The van der Waals surface area contributed by atoms with Crippen LogP contribution in [0.3, 0.4) is 0 Å². The van der Waals surface area contributed by atoms with E-state index in [1.807, 2.05) is 26.0 Å². The van der Waals surface area contributed by atoms with E-state index in [2.05, 4.69) is 12.1 Å². The van der Waals surface area contributed by atoms with Gasteiger partial charge in [0.05, 0.1) is 12.7 Å². The molecular weight excluding hydrogens is 214 g/mol. The number of rotatable bonds is 7. The number of nitrogens with two attached hydrogens (primary N) is 1. The van der Waals surface area contributed by atoms with E-state index in [0.29, 0.717) is 0 Å². The molecule has 17 heavy (non-hydrogen) atoms. The van der Waals surface area contributed by atoms with Crippen LogP contribution in [-0.2, 0) is 11.2 Å². The van der Waals surface area contributed by atoms with Crippen molar-refractivity contribution >= 4 is 0 Å². The summed E-state index contributed by atoms with van der Waals surface area (Å²) in [6.07, 6.45) is 1.96. The Morgan fingerprint density at radius 3 is 2.35 bits per heavy atom. The minimum absolute atomic E-state index is 0.153. The van der Waals surface area contributed by atoms with Gasteiger partial charge in [-0.05, 0) is 44.4 Å². The van der Waals surface area contributed by atoms with Crippen LogP contribution >= 0.6 is 0 Å². The maximum absolute atomic E-state index is 5.77. The molecule has 0 bridgehead atoms. The normalized spacial score (nSPS) is 14.4. The molecule has 2 N–H and O–H groups in total. The average molecular weight is 237 g/mol. The van der Waals surface area contributed by atoms with E-state index in [1.165, 1.54) is 5.56 Å². The van der Waals surface area contributed by atoms with Crippen molar-refractivity contribution in [3.05, 3.63) is 29.8 Å². The highest BCUT2D eigenvalue weighted by Gasteiger charge is 2.06. The summed E-state index contributed by atoms with van der Waals surface area (Å²) in [6, 6.07) is 8.33. The molecule has 0 aromatic heterocycles. The topological polar surface area (TPSA) is 44.5 Å². The molecule has 96 valence electrons. The van der Waals surface area contributed by atoms with Crippen LogP contribution in [0.5, 0.6) is 5.75 Å². The quantitative estimate of drug-likeness (QED) is 0.792. The molecule has 0 fully saturated rings. The molecule has 0 saturated heterocycles.